The number of hydrogen-bond acceptors (Lipinski definition) is 4. The van der Waals surface area contributed by atoms with Crippen molar-refractivity contribution in [2.24, 2.45) is 0 Å². The Hall–Kier alpha value is -0.430. The smallest absolute Gasteiger partial charge is 0.344 e. The van der Waals surface area contributed by atoms with Crippen molar-refractivity contribution < 1.29 is 17.2 Å². The molecule has 6 heteroatoms. The Morgan fingerprint density at radius 2 is 1.27 bits per heavy atom. The van der Waals surface area contributed by atoms with E-state index in [4.69, 9.17) is 4.55 Å². The summed E-state index contributed by atoms with van der Waals surface area (Å²) in [7, 11) is -4.25. The molecule has 4 N–H and O–H groups in total. The summed E-state index contributed by atoms with van der Waals surface area (Å²) in [5.41, 5.74) is 0. The number of unbranched alkanes of at least 4 members (excludes halogenated alkanes) is 10. The maximum absolute atomic E-state index is 10.3. The fraction of sp³-hybridized carbons (Fsp3) is 0.875. The number of rotatable bonds is 15. The Balaban J connectivity index is 0. The highest BCUT2D eigenvalue weighted by Gasteiger charge is 2.02. The highest BCUT2D eigenvalue weighted by Crippen LogP contribution is 2.09. The van der Waals surface area contributed by atoms with Crippen LogP contribution in [-0.4, -0.2) is 19.6 Å². The van der Waals surface area contributed by atoms with E-state index < -0.39 is 10.4 Å². The molecule has 0 spiro atoms. The van der Waals surface area contributed by atoms with Gasteiger partial charge in [0.25, 0.3) is 0 Å². The Morgan fingerprint density at radius 3 is 1.77 bits per heavy atom. The van der Waals surface area contributed by atoms with Gasteiger partial charge in [0.1, 0.15) is 0 Å². The van der Waals surface area contributed by atoms with Crippen molar-refractivity contribution in [1.29, 1.82) is 0 Å². The first-order valence-electron chi connectivity index (χ1n) is 8.33. The molecule has 0 bridgehead atoms. The predicted octanol–water partition coefficient (Wildman–Crippen LogP) is 5.23. The molecular formula is C16H35NO4S. The summed E-state index contributed by atoms with van der Waals surface area (Å²) in [6.45, 7) is 2.32. The normalized spacial score (nSPS) is 11.7. The van der Waals surface area contributed by atoms with E-state index in [1.807, 2.05) is 0 Å². The van der Waals surface area contributed by atoms with E-state index in [1.165, 1.54) is 57.8 Å². The van der Waals surface area contributed by atoms with E-state index in [1.54, 1.807) is 0 Å². The van der Waals surface area contributed by atoms with Crippen LogP contribution in [0.15, 0.2) is 12.2 Å². The molecule has 134 valence electrons. The third-order valence-corrected chi connectivity index (χ3v) is 3.85. The topological polar surface area (TPSA) is 98.6 Å². The fourth-order valence-corrected chi connectivity index (χ4v) is 2.49. The maximum Gasteiger partial charge on any atom is 0.397 e. The molecule has 0 saturated heterocycles. The van der Waals surface area contributed by atoms with Gasteiger partial charge in [0, 0.05) is 0 Å². The molecule has 0 saturated carbocycles. The van der Waals surface area contributed by atoms with Crippen molar-refractivity contribution in [3.8, 4) is 0 Å². The molecule has 0 radical (unpaired) electrons. The van der Waals surface area contributed by atoms with Crippen LogP contribution in [0.3, 0.4) is 0 Å². The lowest BCUT2D eigenvalue weighted by molar-refractivity contribution is 0.261. The van der Waals surface area contributed by atoms with Crippen LogP contribution in [0.1, 0.15) is 84.0 Å². The summed E-state index contributed by atoms with van der Waals surface area (Å²) in [4.78, 5) is 0. The first kappa shape index (κ1) is 23.8. The molecule has 0 atom stereocenters. The molecule has 0 aliphatic carbocycles. The summed E-state index contributed by atoms with van der Waals surface area (Å²) in [6.07, 6.45) is 18.6. The maximum atomic E-state index is 10.3. The van der Waals surface area contributed by atoms with E-state index >= 15 is 0 Å². The SMILES string of the molecule is CCCCCC/C=C\CCCCCCCCOS(=O)(=O)O.N. The molecule has 22 heavy (non-hydrogen) atoms. The fourth-order valence-electron chi connectivity index (χ4n) is 2.16. The van der Waals surface area contributed by atoms with Gasteiger partial charge in [-0.3, -0.25) is 4.55 Å². The Kier molecular flexibility index (Phi) is 18.3. The van der Waals surface area contributed by atoms with Gasteiger partial charge < -0.3 is 6.15 Å². The van der Waals surface area contributed by atoms with Crippen LogP contribution in [-0.2, 0) is 14.6 Å². The van der Waals surface area contributed by atoms with Crippen molar-refractivity contribution >= 4 is 10.4 Å². The molecule has 0 aromatic rings. The van der Waals surface area contributed by atoms with E-state index in [0.717, 1.165) is 12.8 Å². The quantitative estimate of drug-likeness (QED) is 0.242. The van der Waals surface area contributed by atoms with Gasteiger partial charge in [-0.1, -0.05) is 64.0 Å². The molecule has 0 rings (SSSR count). The second-order valence-electron chi connectivity index (χ2n) is 5.48. The molecule has 0 aliphatic rings. The van der Waals surface area contributed by atoms with Crippen molar-refractivity contribution in [2.45, 2.75) is 84.0 Å². The summed E-state index contributed by atoms with van der Waals surface area (Å²) in [6, 6.07) is 0. The molecule has 0 aliphatic heterocycles. The van der Waals surface area contributed by atoms with Crippen LogP contribution < -0.4 is 6.15 Å². The van der Waals surface area contributed by atoms with Crippen LogP contribution in [0.5, 0.6) is 0 Å². The summed E-state index contributed by atoms with van der Waals surface area (Å²) < 4.78 is 33.2. The molecule has 0 heterocycles. The van der Waals surface area contributed by atoms with Crippen LogP contribution in [0, 0.1) is 0 Å². The average Bonchev–Trinajstić information content (AvgIpc) is 2.42. The minimum Gasteiger partial charge on any atom is -0.344 e. The van der Waals surface area contributed by atoms with Crippen LogP contribution in [0.2, 0.25) is 0 Å². The summed E-state index contributed by atoms with van der Waals surface area (Å²) in [5, 5.41) is 0. The van der Waals surface area contributed by atoms with Gasteiger partial charge in [-0.2, -0.15) is 8.42 Å². The van der Waals surface area contributed by atoms with Gasteiger partial charge in [-0.25, -0.2) is 4.18 Å². The zero-order valence-electron chi connectivity index (χ0n) is 14.1. The van der Waals surface area contributed by atoms with E-state index in [0.29, 0.717) is 6.42 Å². The summed E-state index contributed by atoms with van der Waals surface area (Å²) in [5.74, 6) is 0. The molecule has 0 unspecified atom stereocenters. The largest absolute Gasteiger partial charge is 0.397 e. The molecule has 0 amide bonds. The van der Waals surface area contributed by atoms with Crippen LogP contribution in [0.25, 0.3) is 0 Å². The first-order chi connectivity index (χ1) is 10.1. The van der Waals surface area contributed by atoms with Gasteiger partial charge in [-0.05, 0) is 32.1 Å². The predicted molar refractivity (Wildman–Crippen MR) is 92.7 cm³/mol. The van der Waals surface area contributed by atoms with Crippen molar-refractivity contribution in [3.05, 3.63) is 12.2 Å². The van der Waals surface area contributed by atoms with Gasteiger partial charge in [-0.15, -0.1) is 0 Å². The highest BCUT2D eigenvalue weighted by molar-refractivity contribution is 7.80. The van der Waals surface area contributed by atoms with Crippen molar-refractivity contribution in [3.63, 3.8) is 0 Å². The van der Waals surface area contributed by atoms with E-state index in [9.17, 15) is 8.42 Å². The van der Waals surface area contributed by atoms with Gasteiger partial charge in [0.2, 0.25) is 0 Å². The third-order valence-electron chi connectivity index (χ3n) is 3.39. The standard InChI is InChI=1S/C16H32O4S.H3N/c1-2-3-4-5-6-7-8-9-10-11-12-13-14-15-16-20-21(17,18)19;/h7-8H,2-6,9-16H2,1H3,(H,17,18,19);1H3/b8-7-;. The lowest BCUT2D eigenvalue weighted by Crippen LogP contribution is -2.04. The second-order valence-corrected chi connectivity index (χ2v) is 6.57. The highest BCUT2D eigenvalue weighted by atomic mass is 32.3. The lowest BCUT2D eigenvalue weighted by Gasteiger charge is -2.01. The Labute approximate surface area is 137 Å². The number of hydrogen-bond donors (Lipinski definition) is 2. The van der Waals surface area contributed by atoms with Crippen molar-refractivity contribution in [2.75, 3.05) is 6.61 Å². The second kappa shape index (κ2) is 16.9. The zero-order valence-corrected chi connectivity index (χ0v) is 15.0. The van der Waals surface area contributed by atoms with Crippen molar-refractivity contribution in [1.82, 2.24) is 6.15 Å². The van der Waals surface area contributed by atoms with Gasteiger partial charge in [0.05, 0.1) is 6.61 Å². The Bertz CT molecular complexity index is 342. The lowest BCUT2D eigenvalue weighted by atomic mass is 10.1. The Morgan fingerprint density at radius 1 is 0.818 bits per heavy atom. The van der Waals surface area contributed by atoms with Gasteiger partial charge >= 0.3 is 10.4 Å². The first-order valence-corrected chi connectivity index (χ1v) is 9.69. The average molecular weight is 338 g/mol. The van der Waals surface area contributed by atoms with Gasteiger partial charge in [0.15, 0.2) is 0 Å². The molecule has 0 aromatic heterocycles. The molecule has 0 fully saturated rings. The van der Waals surface area contributed by atoms with E-state index in [2.05, 4.69) is 23.3 Å². The molecular weight excluding hydrogens is 302 g/mol. The summed E-state index contributed by atoms with van der Waals surface area (Å²) >= 11 is 0. The van der Waals surface area contributed by atoms with Crippen LogP contribution >= 0.6 is 0 Å². The third kappa shape index (κ3) is 21.9. The zero-order chi connectivity index (χ0) is 15.8. The number of allylic oxidation sites excluding steroid dienone is 2. The minimum atomic E-state index is -4.25. The molecule has 5 nitrogen and oxygen atoms in total. The molecule has 0 aromatic carbocycles. The van der Waals surface area contributed by atoms with E-state index in [-0.39, 0.29) is 12.8 Å². The monoisotopic (exact) mass is 337 g/mol. The van der Waals surface area contributed by atoms with Crippen LogP contribution in [0.4, 0.5) is 0 Å². The minimum absolute atomic E-state index is 0.